The summed E-state index contributed by atoms with van der Waals surface area (Å²) in [5.74, 6) is 3.63. The van der Waals surface area contributed by atoms with Gasteiger partial charge in [-0.2, -0.15) is 0 Å². The molecule has 0 amide bonds. The predicted molar refractivity (Wildman–Crippen MR) is 113 cm³/mol. The lowest BCUT2D eigenvalue weighted by Crippen LogP contribution is -2.45. The third-order valence-corrected chi connectivity index (χ3v) is 9.15. The molecular weight excluding hydrogens is 336 g/mol. The molecule has 6 atom stereocenters. The van der Waals surface area contributed by atoms with Gasteiger partial charge >= 0.3 is 8.56 Å². The van der Waals surface area contributed by atoms with E-state index in [1.54, 1.807) is 0 Å². The van der Waals surface area contributed by atoms with Crippen LogP contribution in [0.2, 0.25) is 13.1 Å². The summed E-state index contributed by atoms with van der Waals surface area (Å²) >= 11 is 0. The SMILES string of the molecule is CCC.C[Si](C)(OC1CCC2CCCCC21)OC1CCC2CCCCC21. The van der Waals surface area contributed by atoms with Gasteiger partial charge in [-0.3, -0.25) is 0 Å². The fourth-order valence-corrected chi connectivity index (χ4v) is 8.50. The van der Waals surface area contributed by atoms with Gasteiger partial charge in [-0.05, 0) is 75.3 Å². The van der Waals surface area contributed by atoms with Crippen molar-refractivity contribution in [3.63, 3.8) is 0 Å². The van der Waals surface area contributed by atoms with E-state index < -0.39 is 8.56 Å². The second-order valence-electron chi connectivity index (χ2n) is 9.99. The van der Waals surface area contributed by atoms with Gasteiger partial charge in [0.05, 0.1) is 12.2 Å². The van der Waals surface area contributed by atoms with Gasteiger partial charge in [0.2, 0.25) is 0 Å². The Labute approximate surface area is 164 Å². The lowest BCUT2D eigenvalue weighted by molar-refractivity contribution is 0.0322. The average molecular weight is 381 g/mol. The highest BCUT2D eigenvalue weighted by atomic mass is 28.4. The summed E-state index contributed by atoms with van der Waals surface area (Å²) in [7, 11) is -1.99. The van der Waals surface area contributed by atoms with Crippen LogP contribution in [-0.4, -0.2) is 20.8 Å². The van der Waals surface area contributed by atoms with E-state index in [1.807, 2.05) is 0 Å². The predicted octanol–water partition coefficient (Wildman–Crippen LogP) is 7.08. The molecule has 0 saturated heterocycles. The van der Waals surface area contributed by atoms with Crippen LogP contribution in [0.15, 0.2) is 0 Å². The standard InChI is InChI=1S/C20H36O2Si.C3H8/c1-23(2,21-19-13-11-15-7-3-5-9-17(15)19)22-20-14-12-16-8-4-6-10-18(16)20;1-3-2/h15-20H,3-14H2,1-2H3;3H2,1-2H3. The third-order valence-electron chi connectivity index (χ3n) is 7.41. The molecule has 4 saturated carbocycles. The molecule has 2 nitrogen and oxygen atoms in total. The van der Waals surface area contributed by atoms with Gasteiger partial charge in [0, 0.05) is 0 Å². The highest BCUT2D eigenvalue weighted by Gasteiger charge is 2.45. The van der Waals surface area contributed by atoms with Crippen molar-refractivity contribution in [1.29, 1.82) is 0 Å². The van der Waals surface area contributed by atoms with Gasteiger partial charge in [-0.1, -0.05) is 58.8 Å². The smallest absolute Gasteiger partial charge is 0.332 e. The average Bonchev–Trinajstić information content (AvgIpc) is 3.20. The van der Waals surface area contributed by atoms with E-state index in [9.17, 15) is 0 Å². The first-order valence-corrected chi connectivity index (χ1v) is 14.7. The first kappa shape index (κ1) is 20.9. The highest BCUT2D eigenvalue weighted by Crippen LogP contribution is 2.46. The maximum absolute atomic E-state index is 6.73. The van der Waals surface area contributed by atoms with Gasteiger partial charge in [0.1, 0.15) is 0 Å². The molecule has 0 heterocycles. The lowest BCUT2D eigenvalue weighted by Gasteiger charge is -2.37. The fourth-order valence-electron chi connectivity index (χ4n) is 6.40. The topological polar surface area (TPSA) is 18.5 Å². The van der Waals surface area contributed by atoms with Gasteiger partial charge in [-0.25, -0.2) is 0 Å². The van der Waals surface area contributed by atoms with Crippen molar-refractivity contribution in [2.75, 3.05) is 0 Å². The Hall–Kier alpha value is 0.137. The van der Waals surface area contributed by atoms with Crippen LogP contribution in [-0.2, 0) is 8.85 Å². The molecule has 0 bridgehead atoms. The van der Waals surface area contributed by atoms with Crippen LogP contribution in [0, 0.1) is 23.7 Å². The van der Waals surface area contributed by atoms with Crippen molar-refractivity contribution >= 4 is 8.56 Å². The first-order chi connectivity index (χ1) is 12.5. The number of rotatable bonds is 4. The molecule has 0 aromatic carbocycles. The van der Waals surface area contributed by atoms with Crippen LogP contribution in [0.25, 0.3) is 0 Å². The van der Waals surface area contributed by atoms with Crippen LogP contribution in [0.4, 0.5) is 0 Å². The third kappa shape index (κ3) is 5.14. The summed E-state index contributed by atoms with van der Waals surface area (Å²) in [6.07, 6.45) is 19.2. The second kappa shape index (κ2) is 9.56. The first-order valence-electron chi connectivity index (χ1n) is 11.9. The Morgan fingerprint density at radius 1 is 0.615 bits per heavy atom. The molecule has 0 aliphatic heterocycles. The van der Waals surface area contributed by atoms with E-state index in [0.29, 0.717) is 12.2 Å². The Balaban J connectivity index is 0.000000613. The molecule has 0 N–H and O–H groups in total. The normalized spacial score (nSPS) is 39.7. The Kier molecular flexibility index (Phi) is 7.67. The van der Waals surface area contributed by atoms with Crippen LogP contribution in [0.5, 0.6) is 0 Å². The molecule has 0 aromatic rings. The maximum atomic E-state index is 6.73. The van der Waals surface area contributed by atoms with E-state index in [-0.39, 0.29) is 0 Å². The molecule has 0 aromatic heterocycles. The minimum absolute atomic E-state index is 0.519. The molecule has 4 aliphatic rings. The largest absolute Gasteiger partial charge is 0.391 e. The lowest BCUT2D eigenvalue weighted by atomic mass is 9.81. The summed E-state index contributed by atoms with van der Waals surface area (Å²) in [6.45, 7) is 8.89. The van der Waals surface area contributed by atoms with E-state index >= 15 is 0 Å². The van der Waals surface area contributed by atoms with E-state index in [2.05, 4.69) is 26.9 Å². The fraction of sp³-hybridized carbons (Fsp3) is 1.00. The number of hydrogen-bond donors (Lipinski definition) is 0. The summed E-state index contributed by atoms with van der Waals surface area (Å²) in [4.78, 5) is 0. The van der Waals surface area contributed by atoms with Crippen LogP contribution in [0.3, 0.4) is 0 Å². The van der Waals surface area contributed by atoms with Gasteiger partial charge in [-0.15, -0.1) is 0 Å². The van der Waals surface area contributed by atoms with Gasteiger partial charge in [0.15, 0.2) is 0 Å². The van der Waals surface area contributed by atoms with Crippen molar-refractivity contribution < 1.29 is 8.85 Å². The molecule has 4 fully saturated rings. The van der Waals surface area contributed by atoms with Gasteiger partial charge < -0.3 is 8.85 Å². The quantitative estimate of drug-likeness (QED) is 0.485. The van der Waals surface area contributed by atoms with E-state index in [0.717, 1.165) is 23.7 Å². The van der Waals surface area contributed by atoms with Crippen LogP contribution >= 0.6 is 0 Å². The molecule has 4 aliphatic carbocycles. The zero-order valence-electron chi connectivity index (χ0n) is 18.0. The minimum Gasteiger partial charge on any atom is -0.391 e. The zero-order chi connectivity index (χ0) is 18.6. The molecule has 0 spiro atoms. The van der Waals surface area contributed by atoms with Crippen molar-refractivity contribution in [3.8, 4) is 0 Å². The molecule has 4 rings (SSSR count). The second-order valence-corrected chi connectivity index (χ2v) is 13.3. The van der Waals surface area contributed by atoms with E-state index in [4.69, 9.17) is 8.85 Å². The van der Waals surface area contributed by atoms with Crippen molar-refractivity contribution in [2.24, 2.45) is 23.7 Å². The molecule has 26 heavy (non-hydrogen) atoms. The molecule has 6 unspecified atom stereocenters. The van der Waals surface area contributed by atoms with Gasteiger partial charge in [0.25, 0.3) is 0 Å². The molecular formula is C23H44O2Si. The Bertz CT molecular complexity index is 388. The van der Waals surface area contributed by atoms with Crippen molar-refractivity contribution in [3.05, 3.63) is 0 Å². The Morgan fingerprint density at radius 3 is 1.42 bits per heavy atom. The van der Waals surface area contributed by atoms with Crippen molar-refractivity contribution in [2.45, 2.75) is 123 Å². The summed E-state index contributed by atoms with van der Waals surface area (Å²) < 4.78 is 13.5. The molecule has 152 valence electrons. The van der Waals surface area contributed by atoms with E-state index in [1.165, 1.54) is 83.5 Å². The van der Waals surface area contributed by atoms with Crippen LogP contribution in [0.1, 0.15) is 97.3 Å². The summed E-state index contributed by atoms with van der Waals surface area (Å²) in [6, 6.07) is 0. The maximum Gasteiger partial charge on any atom is 0.332 e. The van der Waals surface area contributed by atoms with Crippen molar-refractivity contribution in [1.82, 2.24) is 0 Å². The monoisotopic (exact) mass is 380 g/mol. The minimum atomic E-state index is -1.99. The number of fused-ring (bicyclic) bond motifs is 2. The molecule has 3 heteroatoms. The molecule has 0 radical (unpaired) electrons. The number of hydrogen-bond acceptors (Lipinski definition) is 2. The highest BCUT2D eigenvalue weighted by molar-refractivity contribution is 6.64. The summed E-state index contributed by atoms with van der Waals surface area (Å²) in [5, 5.41) is 0. The summed E-state index contributed by atoms with van der Waals surface area (Å²) in [5.41, 5.74) is 0. The zero-order valence-corrected chi connectivity index (χ0v) is 19.0. The van der Waals surface area contributed by atoms with Crippen LogP contribution < -0.4 is 0 Å². The Morgan fingerprint density at radius 2 is 1.00 bits per heavy atom.